The Morgan fingerprint density at radius 1 is 1.35 bits per heavy atom. The highest BCUT2D eigenvalue weighted by atomic mass is 16.7. The van der Waals surface area contributed by atoms with Gasteiger partial charge in [0.05, 0.1) is 6.61 Å². The maximum Gasteiger partial charge on any atom is 0.231 e. The Morgan fingerprint density at radius 2 is 2.24 bits per heavy atom. The Kier molecular flexibility index (Phi) is 2.68. The lowest BCUT2D eigenvalue weighted by Gasteiger charge is -2.31. The SMILES string of the molecule is CNC(C)[C@H]1OCCc2ccc3c(c21)OCO3. The summed E-state index contributed by atoms with van der Waals surface area (Å²) in [5.41, 5.74) is 2.47. The van der Waals surface area contributed by atoms with Crippen molar-refractivity contribution in [3.8, 4) is 11.5 Å². The summed E-state index contributed by atoms with van der Waals surface area (Å²) >= 11 is 0. The number of fused-ring (bicyclic) bond motifs is 3. The van der Waals surface area contributed by atoms with Crippen molar-refractivity contribution >= 4 is 0 Å². The fourth-order valence-electron chi connectivity index (χ4n) is 2.49. The molecule has 2 aliphatic rings. The van der Waals surface area contributed by atoms with Gasteiger partial charge in [-0.2, -0.15) is 0 Å². The minimum absolute atomic E-state index is 0.0420. The van der Waals surface area contributed by atoms with Crippen LogP contribution in [0.3, 0.4) is 0 Å². The predicted molar refractivity (Wildman–Crippen MR) is 63.5 cm³/mol. The summed E-state index contributed by atoms with van der Waals surface area (Å²) in [4.78, 5) is 0. The van der Waals surface area contributed by atoms with Gasteiger partial charge in [-0.3, -0.25) is 0 Å². The molecule has 4 heteroatoms. The average molecular weight is 235 g/mol. The minimum Gasteiger partial charge on any atom is -0.454 e. The van der Waals surface area contributed by atoms with E-state index in [0.29, 0.717) is 6.79 Å². The Bertz CT molecular complexity index is 433. The maximum absolute atomic E-state index is 5.88. The molecule has 2 atom stereocenters. The van der Waals surface area contributed by atoms with Gasteiger partial charge in [0.15, 0.2) is 11.5 Å². The molecule has 1 aromatic rings. The number of rotatable bonds is 2. The fourth-order valence-corrected chi connectivity index (χ4v) is 2.49. The Morgan fingerprint density at radius 3 is 3.06 bits per heavy atom. The summed E-state index contributed by atoms with van der Waals surface area (Å²) in [7, 11) is 1.95. The summed E-state index contributed by atoms with van der Waals surface area (Å²) in [5.74, 6) is 1.71. The van der Waals surface area contributed by atoms with Crippen LogP contribution in [-0.4, -0.2) is 26.5 Å². The molecule has 4 nitrogen and oxygen atoms in total. The van der Waals surface area contributed by atoms with Gasteiger partial charge >= 0.3 is 0 Å². The van der Waals surface area contributed by atoms with Crippen LogP contribution in [0.1, 0.15) is 24.2 Å². The molecule has 0 saturated heterocycles. The Hall–Kier alpha value is -1.26. The first-order chi connectivity index (χ1) is 8.31. The van der Waals surface area contributed by atoms with Crippen LogP contribution in [0.5, 0.6) is 11.5 Å². The van der Waals surface area contributed by atoms with Crippen LogP contribution in [0.4, 0.5) is 0 Å². The van der Waals surface area contributed by atoms with Crippen molar-refractivity contribution in [3.05, 3.63) is 23.3 Å². The van der Waals surface area contributed by atoms with Gasteiger partial charge in [0.25, 0.3) is 0 Å². The quantitative estimate of drug-likeness (QED) is 0.846. The van der Waals surface area contributed by atoms with E-state index in [-0.39, 0.29) is 12.1 Å². The first-order valence-corrected chi connectivity index (χ1v) is 6.01. The third-order valence-corrected chi connectivity index (χ3v) is 3.53. The van der Waals surface area contributed by atoms with Gasteiger partial charge in [0.1, 0.15) is 6.10 Å². The number of hydrogen-bond donors (Lipinski definition) is 1. The van der Waals surface area contributed by atoms with E-state index in [0.717, 1.165) is 30.1 Å². The van der Waals surface area contributed by atoms with Crippen molar-refractivity contribution < 1.29 is 14.2 Å². The van der Waals surface area contributed by atoms with E-state index in [1.54, 1.807) is 0 Å². The minimum atomic E-state index is 0.0420. The largest absolute Gasteiger partial charge is 0.454 e. The fraction of sp³-hybridized carbons (Fsp3) is 0.538. The zero-order valence-electron chi connectivity index (χ0n) is 10.2. The third-order valence-electron chi connectivity index (χ3n) is 3.53. The lowest BCUT2D eigenvalue weighted by Crippen LogP contribution is -2.34. The molecule has 0 saturated carbocycles. The molecule has 2 aliphatic heterocycles. The maximum atomic E-state index is 5.88. The van der Waals surface area contributed by atoms with Crippen molar-refractivity contribution in [1.82, 2.24) is 5.32 Å². The van der Waals surface area contributed by atoms with E-state index in [1.807, 2.05) is 13.1 Å². The summed E-state index contributed by atoms with van der Waals surface area (Å²) in [5, 5.41) is 3.25. The smallest absolute Gasteiger partial charge is 0.231 e. The molecule has 1 unspecified atom stereocenters. The number of benzene rings is 1. The van der Waals surface area contributed by atoms with Crippen molar-refractivity contribution in [2.24, 2.45) is 0 Å². The molecular weight excluding hydrogens is 218 g/mol. The second-order valence-electron chi connectivity index (χ2n) is 4.49. The Balaban J connectivity index is 2.08. The third kappa shape index (κ3) is 1.68. The summed E-state index contributed by atoms with van der Waals surface area (Å²) < 4.78 is 16.9. The lowest BCUT2D eigenvalue weighted by molar-refractivity contribution is 0.0194. The van der Waals surface area contributed by atoms with Crippen molar-refractivity contribution in [1.29, 1.82) is 0 Å². The second-order valence-corrected chi connectivity index (χ2v) is 4.49. The Labute approximate surface area is 101 Å². The highest BCUT2D eigenvalue weighted by Gasteiger charge is 2.32. The average Bonchev–Trinajstić information content (AvgIpc) is 2.85. The van der Waals surface area contributed by atoms with Crippen LogP contribution in [0.2, 0.25) is 0 Å². The molecule has 92 valence electrons. The van der Waals surface area contributed by atoms with Crippen molar-refractivity contribution in [2.45, 2.75) is 25.5 Å². The standard InChI is InChI=1S/C13H17NO3/c1-8(14-2)12-11-9(5-6-15-12)3-4-10-13(11)17-7-16-10/h3-4,8,12,14H,5-7H2,1-2H3/t8?,12-/m1/s1. The monoisotopic (exact) mass is 235 g/mol. The molecule has 17 heavy (non-hydrogen) atoms. The molecule has 0 amide bonds. The van der Waals surface area contributed by atoms with Gasteiger partial charge in [0, 0.05) is 11.6 Å². The van der Waals surface area contributed by atoms with Gasteiger partial charge in [-0.05, 0) is 32.0 Å². The molecule has 1 N–H and O–H groups in total. The molecule has 1 aromatic carbocycles. The first kappa shape index (κ1) is 10.9. The van der Waals surface area contributed by atoms with Gasteiger partial charge < -0.3 is 19.5 Å². The van der Waals surface area contributed by atoms with Crippen LogP contribution in [0.15, 0.2) is 12.1 Å². The van der Waals surface area contributed by atoms with Gasteiger partial charge in [0.2, 0.25) is 6.79 Å². The van der Waals surface area contributed by atoms with Gasteiger partial charge in [-0.25, -0.2) is 0 Å². The van der Waals surface area contributed by atoms with Crippen LogP contribution in [-0.2, 0) is 11.2 Å². The number of ether oxygens (including phenoxy) is 3. The van der Waals surface area contributed by atoms with E-state index in [1.165, 1.54) is 5.56 Å². The predicted octanol–water partition coefficient (Wildman–Crippen LogP) is 1.64. The van der Waals surface area contributed by atoms with Crippen LogP contribution in [0, 0.1) is 0 Å². The molecule has 3 rings (SSSR count). The lowest BCUT2D eigenvalue weighted by atomic mass is 9.92. The highest BCUT2D eigenvalue weighted by molar-refractivity contribution is 5.54. The van der Waals surface area contributed by atoms with E-state index in [9.17, 15) is 0 Å². The number of likely N-dealkylation sites (N-methyl/N-ethyl adjacent to an activating group) is 1. The normalized spacial score (nSPS) is 23.3. The number of nitrogens with one attached hydrogen (secondary N) is 1. The summed E-state index contributed by atoms with van der Waals surface area (Å²) in [6.45, 7) is 3.20. The van der Waals surface area contributed by atoms with Crippen LogP contribution >= 0.6 is 0 Å². The zero-order chi connectivity index (χ0) is 11.8. The van der Waals surface area contributed by atoms with Crippen molar-refractivity contribution in [3.63, 3.8) is 0 Å². The molecule has 0 spiro atoms. The van der Waals surface area contributed by atoms with Crippen molar-refractivity contribution in [2.75, 3.05) is 20.4 Å². The molecule has 0 aromatic heterocycles. The molecule has 0 aliphatic carbocycles. The molecular formula is C13H17NO3. The highest BCUT2D eigenvalue weighted by Crippen LogP contribution is 2.44. The first-order valence-electron chi connectivity index (χ1n) is 6.01. The molecule has 0 bridgehead atoms. The second kappa shape index (κ2) is 4.20. The topological polar surface area (TPSA) is 39.7 Å². The zero-order valence-corrected chi connectivity index (χ0v) is 10.2. The number of hydrogen-bond acceptors (Lipinski definition) is 4. The van der Waals surface area contributed by atoms with E-state index < -0.39 is 0 Å². The van der Waals surface area contributed by atoms with Crippen LogP contribution in [0.25, 0.3) is 0 Å². The molecule has 0 fully saturated rings. The molecule has 0 radical (unpaired) electrons. The molecule has 2 heterocycles. The summed E-state index contributed by atoms with van der Waals surface area (Å²) in [6, 6.07) is 4.37. The van der Waals surface area contributed by atoms with E-state index >= 15 is 0 Å². The van der Waals surface area contributed by atoms with E-state index in [4.69, 9.17) is 14.2 Å². The van der Waals surface area contributed by atoms with E-state index in [2.05, 4.69) is 18.3 Å². The summed E-state index contributed by atoms with van der Waals surface area (Å²) in [6.07, 6.45) is 0.985. The van der Waals surface area contributed by atoms with Gasteiger partial charge in [-0.15, -0.1) is 0 Å². The van der Waals surface area contributed by atoms with Gasteiger partial charge in [-0.1, -0.05) is 6.07 Å². The van der Waals surface area contributed by atoms with Crippen LogP contribution < -0.4 is 14.8 Å².